The van der Waals surface area contributed by atoms with Crippen LogP contribution in [0.1, 0.15) is 0 Å². The van der Waals surface area contributed by atoms with Crippen molar-refractivity contribution in [2.45, 2.75) is 0 Å². The molecule has 0 bridgehead atoms. The number of benzene rings is 1. The van der Waals surface area contributed by atoms with Crippen molar-refractivity contribution in [3.05, 3.63) is 39.6 Å². The average molecular weight is 387 g/mol. The molecular weight excluding hydrogens is 381 g/mol. The fourth-order valence-corrected chi connectivity index (χ4v) is 2.96. The van der Waals surface area contributed by atoms with E-state index in [1.54, 1.807) is 6.33 Å². The van der Waals surface area contributed by atoms with Gasteiger partial charge in [0.15, 0.2) is 17.0 Å². The first kappa shape index (κ1) is 12.5. The lowest BCUT2D eigenvalue weighted by atomic mass is 10.3. The molecule has 0 amide bonds. The number of hydrogen-bond donors (Lipinski definition) is 2. The summed E-state index contributed by atoms with van der Waals surface area (Å²) in [6, 6.07) is 2.74. The van der Waals surface area contributed by atoms with E-state index in [0.29, 0.717) is 31.6 Å². The minimum absolute atomic E-state index is 0.336. The number of aromatic amines is 1. The molecule has 3 aromatic rings. The number of nitrogens with zero attached hydrogens (tertiary/aromatic N) is 3. The van der Waals surface area contributed by atoms with Gasteiger partial charge < -0.3 is 10.3 Å². The maximum absolute atomic E-state index is 13.2. The van der Waals surface area contributed by atoms with Crippen LogP contribution in [0.5, 0.6) is 0 Å². The zero-order valence-corrected chi connectivity index (χ0v) is 12.5. The summed E-state index contributed by atoms with van der Waals surface area (Å²) in [4.78, 5) is 15.2. The minimum atomic E-state index is -0.336. The summed E-state index contributed by atoms with van der Waals surface area (Å²) < 4.78 is 14.4. The van der Waals surface area contributed by atoms with Crippen LogP contribution in [-0.2, 0) is 0 Å². The summed E-state index contributed by atoms with van der Waals surface area (Å²) in [5, 5.41) is 3.10. The first-order chi connectivity index (χ1) is 9.15. The third kappa shape index (κ3) is 2.33. The zero-order valence-electron chi connectivity index (χ0n) is 9.28. The molecule has 2 heterocycles. The van der Waals surface area contributed by atoms with Crippen LogP contribution in [0.2, 0.25) is 0 Å². The lowest BCUT2D eigenvalue weighted by molar-refractivity contribution is 0.626. The SMILES string of the molecule is Fc1cc(Br)c(Nc2ncnc3[nH]cnc23)c(Br)c1. The van der Waals surface area contributed by atoms with Crippen LogP contribution in [0.4, 0.5) is 15.9 Å². The molecule has 0 radical (unpaired) electrons. The Morgan fingerprint density at radius 2 is 1.84 bits per heavy atom. The molecule has 0 fully saturated rings. The smallest absolute Gasteiger partial charge is 0.162 e. The monoisotopic (exact) mass is 385 g/mol. The summed E-state index contributed by atoms with van der Waals surface area (Å²) >= 11 is 6.61. The largest absolute Gasteiger partial charge is 0.336 e. The molecule has 0 saturated carbocycles. The van der Waals surface area contributed by atoms with Crippen molar-refractivity contribution in [3.8, 4) is 0 Å². The number of nitrogens with one attached hydrogen (secondary N) is 2. The van der Waals surface area contributed by atoms with Gasteiger partial charge in [0.2, 0.25) is 0 Å². The molecule has 0 atom stereocenters. The molecule has 0 spiro atoms. The molecule has 0 unspecified atom stereocenters. The summed E-state index contributed by atoms with van der Waals surface area (Å²) in [6.45, 7) is 0. The van der Waals surface area contributed by atoms with Crippen molar-refractivity contribution in [1.29, 1.82) is 0 Å². The van der Waals surface area contributed by atoms with Crippen molar-refractivity contribution in [1.82, 2.24) is 19.9 Å². The van der Waals surface area contributed by atoms with Gasteiger partial charge >= 0.3 is 0 Å². The molecule has 1 aromatic carbocycles. The molecule has 0 saturated heterocycles. The zero-order chi connectivity index (χ0) is 13.4. The standard InChI is InChI=1S/C11H6Br2FN5/c12-6-1-5(14)2-7(13)8(6)19-11-9-10(16-3-15-9)17-4-18-11/h1-4H,(H2,15,16,17,18,19). The lowest BCUT2D eigenvalue weighted by Crippen LogP contribution is -1.98. The number of anilines is 2. The number of rotatable bonds is 2. The fourth-order valence-electron chi connectivity index (χ4n) is 1.64. The van der Waals surface area contributed by atoms with E-state index < -0.39 is 0 Å². The summed E-state index contributed by atoms with van der Waals surface area (Å²) in [7, 11) is 0. The highest BCUT2D eigenvalue weighted by Gasteiger charge is 2.12. The predicted octanol–water partition coefficient (Wildman–Crippen LogP) is 3.76. The second kappa shape index (κ2) is 4.86. The van der Waals surface area contributed by atoms with Crippen LogP contribution < -0.4 is 5.32 Å². The Labute approximate surface area is 123 Å². The number of hydrogen-bond acceptors (Lipinski definition) is 4. The van der Waals surface area contributed by atoms with E-state index in [9.17, 15) is 4.39 Å². The number of halogens is 3. The lowest BCUT2D eigenvalue weighted by Gasteiger charge is -2.10. The topological polar surface area (TPSA) is 66.5 Å². The minimum Gasteiger partial charge on any atom is -0.336 e. The maximum atomic E-state index is 13.2. The van der Waals surface area contributed by atoms with Gasteiger partial charge in [0, 0.05) is 8.95 Å². The Balaban J connectivity index is 2.09. The van der Waals surface area contributed by atoms with Gasteiger partial charge in [0.1, 0.15) is 12.1 Å². The normalized spacial score (nSPS) is 10.9. The van der Waals surface area contributed by atoms with Crippen molar-refractivity contribution in [3.63, 3.8) is 0 Å². The van der Waals surface area contributed by atoms with Gasteiger partial charge in [-0.15, -0.1) is 0 Å². The molecule has 5 nitrogen and oxygen atoms in total. The maximum Gasteiger partial charge on any atom is 0.162 e. The van der Waals surface area contributed by atoms with Crippen LogP contribution in [0.15, 0.2) is 33.7 Å². The molecule has 19 heavy (non-hydrogen) atoms. The third-order valence-electron chi connectivity index (χ3n) is 2.47. The number of fused-ring (bicyclic) bond motifs is 1. The van der Waals surface area contributed by atoms with Gasteiger partial charge in [-0.2, -0.15) is 0 Å². The second-order valence-electron chi connectivity index (χ2n) is 3.69. The molecule has 96 valence electrons. The molecule has 2 aromatic heterocycles. The highest BCUT2D eigenvalue weighted by molar-refractivity contribution is 9.11. The highest BCUT2D eigenvalue weighted by Crippen LogP contribution is 2.34. The molecule has 2 N–H and O–H groups in total. The van der Waals surface area contributed by atoms with Crippen LogP contribution in [0.3, 0.4) is 0 Å². The van der Waals surface area contributed by atoms with E-state index >= 15 is 0 Å². The van der Waals surface area contributed by atoms with Gasteiger partial charge in [0.05, 0.1) is 12.0 Å². The third-order valence-corrected chi connectivity index (χ3v) is 3.72. The quantitative estimate of drug-likeness (QED) is 0.703. The molecule has 0 aliphatic heterocycles. The van der Waals surface area contributed by atoms with E-state index in [1.807, 2.05) is 0 Å². The summed E-state index contributed by atoms with van der Waals surface area (Å²) in [5.74, 6) is 0.205. The van der Waals surface area contributed by atoms with E-state index in [4.69, 9.17) is 0 Å². The number of imidazole rings is 1. The van der Waals surface area contributed by atoms with Crippen molar-refractivity contribution >= 4 is 54.5 Å². The Hall–Kier alpha value is -1.54. The van der Waals surface area contributed by atoms with Gasteiger partial charge in [-0.3, -0.25) is 0 Å². The average Bonchev–Trinajstić information content (AvgIpc) is 2.82. The number of aromatic nitrogens is 4. The second-order valence-corrected chi connectivity index (χ2v) is 5.40. The highest BCUT2D eigenvalue weighted by atomic mass is 79.9. The number of H-pyrrole nitrogens is 1. The molecule has 8 heteroatoms. The van der Waals surface area contributed by atoms with Gasteiger partial charge in [-0.25, -0.2) is 19.3 Å². The van der Waals surface area contributed by atoms with Gasteiger partial charge in [0.25, 0.3) is 0 Å². The van der Waals surface area contributed by atoms with E-state index in [-0.39, 0.29) is 5.82 Å². The summed E-state index contributed by atoms with van der Waals surface area (Å²) in [6.07, 6.45) is 2.97. The van der Waals surface area contributed by atoms with Crippen LogP contribution in [0.25, 0.3) is 11.2 Å². The van der Waals surface area contributed by atoms with Crippen LogP contribution in [0, 0.1) is 5.82 Å². The van der Waals surface area contributed by atoms with Crippen molar-refractivity contribution in [2.24, 2.45) is 0 Å². The van der Waals surface area contributed by atoms with E-state index in [1.165, 1.54) is 18.5 Å². The molecule has 0 aliphatic rings. The Morgan fingerprint density at radius 1 is 1.11 bits per heavy atom. The van der Waals surface area contributed by atoms with Crippen LogP contribution in [-0.4, -0.2) is 19.9 Å². The first-order valence-corrected chi connectivity index (χ1v) is 6.79. The Kier molecular flexibility index (Phi) is 3.19. The Morgan fingerprint density at radius 3 is 2.58 bits per heavy atom. The summed E-state index contributed by atoms with van der Waals surface area (Å²) in [5.41, 5.74) is 1.92. The van der Waals surface area contributed by atoms with Crippen molar-refractivity contribution in [2.75, 3.05) is 5.32 Å². The van der Waals surface area contributed by atoms with Crippen LogP contribution >= 0.6 is 31.9 Å². The molecule has 3 rings (SSSR count). The molecular formula is C11H6Br2FN5. The van der Waals surface area contributed by atoms with E-state index in [0.717, 1.165) is 0 Å². The first-order valence-electron chi connectivity index (χ1n) is 5.21. The van der Waals surface area contributed by atoms with Crippen molar-refractivity contribution < 1.29 is 4.39 Å². The molecule has 0 aliphatic carbocycles. The fraction of sp³-hybridized carbons (Fsp3) is 0. The Bertz CT molecular complexity index is 735. The van der Waals surface area contributed by atoms with Gasteiger partial charge in [-0.1, -0.05) is 0 Å². The van der Waals surface area contributed by atoms with Gasteiger partial charge in [-0.05, 0) is 44.0 Å². The van der Waals surface area contributed by atoms with E-state index in [2.05, 4.69) is 57.1 Å². The predicted molar refractivity (Wildman–Crippen MR) is 76.8 cm³/mol.